The monoisotopic (exact) mass is 450 g/mol. The van der Waals surface area contributed by atoms with Gasteiger partial charge in [-0.1, -0.05) is 5.11 Å². The van der Waals surface area contributed by atoms with Gasteiger partial charge >= 0.3 is 5.97 Å². The first-order valence-electron chi connectivity index (χ1n) is 10.6. The maximum absolute atomic E-state index is 13.2. The number of nitrogens with zero attached hydrogens (tertiary/aromatic N) is 4. The Kier molecular flexibility index (Phi) is 5.15. The van der Waals surface area contributed by atoms with Gasteiger partial charge < -0.3 is 14.0 Å². The van der Waals surface area contributed by atoms with E-state index in [1.807, 2.05) is 10.6 Å². The van der Waals surface area contributed by atoms with E-state index in [1.165, 1.54) is 10.4 Å². The SMILES string of the molecule is CCOC(=O)c1cn(C2CC2)c2c(OC)c(-c3cc4c(s3)CC(N=[N+]=[N-])C4)ccc2c1=O. The molecule has 0 bridgehead atoms. The lowest BCUT2D eigenvalue weighted by Crippen LogP contribution is -2.21. The second kappa shape index (κ2) is 8.00. The van der Waals surface area contributed by atoms with E-state index in [2.05, 4.69) is 16.1 Å². The quantitative estimate of drug-likeness (QED) is 0.227. The predicted octanol–water partition coefficient (Wildman–Crippen LogP) is 5.03. The number of hydrogen-bond donors (Lipinski definition) is 0. The Hall–Kier alpha value is -3.29. The van der Waals surface area contributed by atoms with Crippen LogP contribution >= 0.6 is 11.3 Å². The van der Waals surface area contributed by atoms with Crippen molar-refractivity contribution in [2.45, 2.75) is 44.7 Å². The van der Waals surface area contributed by atoms with Crippen LogP contribution in [0.25, 0.3) is 31.8 Å². The summed E-state index contributed by atoms with van der Waals surface area (Å²) in [4.78, 5) is 30.8. The summed E-state index contributed by atoms with van der Waals surface area (Å²) >= 11 is 1.67. The lowest BCUT2D eigenvalue weighted by molar-refractivity contribution is 0.0524. The van der Waals surface area contributed by atoms with E-state index in [0.717, 1.165) is 36.1 Å². The Bertz CT molecular complexity index is 1320. The molecule has 1 aromatic carbocycles. The molecule has 0 aliphatic heterocycles. The first kappa shape index (κ1) is 20.6. The van der Waals surface area contributed by atoms with Gasteiger partial charge in [-0.2, -0.15) is 0 Å². The highest BCUT2D eigenvalue weighted by molar-refractivity contribution is 7.15. The van der Waals surface area contributed by atoms with Crippen molar-refractivity contribution in [3.05, 3.63) is 61.1 Å². The molecular weight excluding hydrogens is 428 g/mol. The Morgan fingerprint density at radius 2 is 2.16 bits per heavy atom. The van der Waals surface area contributed by atoms with E-state index in [4.69, 9.17) is 15.0 Å². The van der Waals surface area contributed by atoms with Gasteiger partial charge in [0, 0.05) is 38.5 Å². The molecule has 3 aromatic rings. The number of methoxy groups -OCH3 is 1. The van der Waals surface area contributed by atoms with Crippen molar-refractivity contribution in [1.29, 1.82) is 0 Å². The fourth-order valence-electron chi connectivity index (χ4n) is 4.45. The minimum atomic E-state index is -0.596. The number of ether oxygens (including phenoxy) is 2. The lowest BCUT2D eigenvalue weighted by atomic mass is 10.0. The Labute approximate surface area is 188 Å². The van der Waals surface area contributed by atoms with Crippen molar-refractivity contribution in [2.24, 2.45) is 5.11 Å². The highest BCUT2D eigenvalue weighted by Gasteiger charge is 2.30. The second-order valence-electron chi connectivity index (χ2n) is 8.10. The van der Waals surface area contributed by atoms with Crippen molar-refractivity contribution < 1.29 is 14.3 Å². The largest absolute Gasteiger partial charge is 0.494 e. The molecule has 1 atom stereocenters. The van der Waals surface area contributed by atoms with Crippen LogP contribution in [0.2, 0.25) is 0 Å². The molecule has 32 heavy (non-hydrogen) atoms. The average Bonchev–Trinajstić information content (AvgIpc) is 3.45. The number of fused-ring (bicyclic) bond motifs is 2. The normalized spacial score (nSPS) is 17.1. The minimum absolute atomic E-state index is 0.0184. The van der Waals surface area contributed by atoms with E-state index in [9.17, 15) is 9.59 Å². The van der Waals surface area contributed by atoms with Gasteiger partial charge in [-0.3, -0.25) is 4.79 Å². The van der Waals surface area contributed by atoms with E-state index < -0.39 is 5.97 Å². The van der Waals surface area contributed by atoms with Crippen LogP contribution in [-0.2, 0) is 17.6 Å². The van der Waals surface area contributed by atoms with Gasteiger partial charge in [0.15, 0.2) is 5.75 Å². The molecule has 164 valence electrons. The number of azide groups is 1. The fourth-order valence-corrected chi connectivity index (χ4v) is 5.74. The molecule has 1 unspecified atom stereocenters. The molecule has 0 N–H and O–H groups in total. The Morgan fingerprint density at radius 3 is 2.81 bits per heavy atom. The number of hydrogen-bond acceptors (Lipinski definition) is 6. The smallest absolute Gasteiger partial charge is 0.343 e. The third-order valence-corrected chi connectivity index (χ3v) is 7.27. The molecule has 2 heterocycles. The third kappa shape index (κ3) is 3.34. The molecule has 1 saturated carbocycles. The molecule has 5 rings (SSSR count). The molecule has 8 nitrogen and oxygen atoms in total. The van der Waals surface area contributed by atoms with Crippen LogP contribution in [0, 0.1) is 0 Å². The summed E-state index contributed by atoms with van der Waals surface area (Å²) in [6.07, 6.45) is 5.09. The number of thiophene rings is 1. The van der Waals surface area contributed by atoms with Crippen LogP contribution in [0.4, 0.5) is 0 Å². The van der Waals surface area contributed by atoms with Gasteiger partial charge in [-0.05, 0) is 61.9 Å². The topological polar surface area (TPSA) is 106 Å². The van der Waals surface area contributed by atoms with E-state index in [-0.39, 0.29) is 29.7 Å². The number of carbonyl (C=O) groups is 1. The standard InChI is InChI=1S/C23H22N4O4S/c1-3-31-23(29)17-11-27(14-4-5-14)20-16(21(17)28)7-6-15(22(20)30-2)19-9-12-8-13(25-26-24)10-18(12)32-19/h6-7,9,11,13-14H,3-5,8,10H2,1-2H3. The second-order valence-corrected chi connectivity index (χ2v) is 9.24. The molecule has 0 amide bonds. The first-order chi connectivity index (χ1) is 15.5. The molecule has 0 saturated heterocycles. The van der Waals surface area contributed by atoms with Crippen LogP contribution in [0.15, 0.2) is 34.3 Å². The van der Waals surface area contributed by atoms with Crippen LogP contribution in [0.3, 0.4) is 0 Å². The van der Waals surface area contributed by atoms with Gasteiger partial charge in [0.25, 0.3) is 0 Å². The van der Waals surface area contributed by atoms with Crippen molar-refractivity contribution in [1.82, 2.24) is 4.57 Å². The van der Waals surface area contributed by atoms with E-state index >= 15 is 0 Å². The Morgan fingerprint density at radius 1 is 1.34 bits per heavy atom. The lowest BCUT2D eigenvalue weighted by Gasteiger charge is -2.17. The summed E-state index contributed by atoms with van der Waals surface area (Å²) in [5.74, 6) is 0.0366. The fraction of sp³-hybridized carbons (Fsp3) is 0.391. The highest BCUT2D eigenvalue weighted by atomic mass is 32.1. The molecule has 2 aromatic heterocycles. The molecule has 2 aliphatic rings. The van der Waals surface area contributed by atoms with Gasteiger partial charge in [0.2, 0.25) is 5.43 Å². The minimum Gasteiger partial charge on any atom is -0.494 e. The van der Waals surface area contributed by atoms with Crippen molar-refractivity contribution in [2.75, 3.05) is 13.7 Å². The van der Waals surface area contributed by atoms with Crippen LogP contribution in [0.5, 0.6) is 5.75 Å². The molecule has 2 aliphatic carbocycles. The third-order valence-electron chi connectivity index (χ3n) is 6.04. The van der Waals surface area contributed by atoms with Gasteiger partial charge in [-0.25, -0.2) is 4.79 Å². The maximum Gasteiger partial charge on any atom is 0.343 e. The summed E-state index contributed by atoms with van der Waals surface area (Å²) in [5, 5.41) is 4.31. The maximum atomic E-state index is 13.2. The molecule has 0 spiro atoms. The van der Waals surface area contributed by atoms with Crippen molar-refractivity contribution >= 4 is 28.2 Å². The predicted molar refractivity (Wildman–Crippen MR) is 123 cm³/mol. The number of carbonyl (C=O) groups excluding carboxylic acids is 1. The van der Waals surface area contributed by atoms with Crippen molar-refractivity contribution in [3.8, 4) is 16.2 Å². The Balaban J connectivity index is 1.67. The summed E-state index contributed by atoms with van der Waals surface area (Å²) in [6, 6.07) is 6.01. The number of benzene rings is 1. The van der Waals surface area contributed by atoms with Crippen LogP contribution in [-0.4, -0.2) is 30.3 Å². The van der Waals surface area contributed by atoms with E-state index in [0.29, 0.717) is 16.7 Å². The van der Waals surface area contributed by atoms with Gasteiger partial charge in [-0.15, -0.1) is 11.3 Å². The van der Waals surface area contributed by atoms with Crippen molar-refractivity contribution in [3.63, 3.8) is 0 Å². The zero-order valence-corrected chi connectivity index (χ0v) is 18.6. The average molecular weight is 451 g/mol. The molecular formula is C23H22N4O4S. The number of aromatic nitrogens is 1. The zero-order chi connectivity index (χ0) is 22.4. The highest BCUT2D eigenvalue weighted by Crippen LogP contribution is 2.45. The molecule has 1 fully saturated rings. The number of rotatable bonds is 6. The number of pyridine rings is 1. The number of esters is 1. The van der Waals surface area contributed by atoms with Crippen LogP contribution in [0.1, 0.15) is 46.6 Å². The zero-order valence-electron chi connectivity index (χ0n) is 17.8. The molecule has 0 radical (unpaired) electrons. The van der Waals surface area contributed by atoms with Gasteiger partial charge in [0.05, 0.1) is 24.6 Å². The van der Waals surface area contributed by atoms with Gasteiger partial charge in [0.1, 0.15) is 5.56 Å². The summed E-state index contributed by atoms with van der Waals surface area (Å²) in [5.41, 5.74) is 11.3. The summed E-state index contributed by atoms with van der Waals surface area (Å²) < 4.78 is 13.0. The van der Waals surface area contributed by atoms with Crippen LogP contribution < -0.4 is 10.2 Å². The van der Waals surface area contributed by atoms with E-state index in [1.54, 1.807) is 37.6 Å². The summed E-state index contributed by atoms with van der Waals surface area (Å²) in [6.45, 7) is 1.94. The summed E-state index contributed by atoms with van der Waals surface area (Å²) in [7, 11) is 1.61. The molecule has 9 heteroatoms. The first-order valence-corrected chi connectivity index (χ1v) is 11.5.